The Balaban J connectivity index is 1.63. The molecular formula is C21H29NO2. The summed E-state index contributed by atoms with van der Waals surface area (Å²) in [6.45, 7) is 2.24. The maximum atomic E-state index is 12.0. The lowest BCUT2D eigenvalue weighted by molar-refractivity contribution is -0.134. The Morgan fingerprint density at radius 2 is 1.58 bits per heavy atom. The molecule has 3 heteroatoms. The number of hydrogen-bond donors (Lipinski definition) is 0. The van der Waals surface area contributed by atoms with Crippen LogP contribution < -0.4 is 4.74 Å². The maximum Gasteiger partial charge on any atom is 0.311 e. The van der Waals surface area contributed by atoms with E-state index in [1.807, 2.05) is 30.3 Å². The van der Waals surface area contributed by atoms with E-state index in [0.29, 0.717) is 12.2 Å². The quantitative estimate of drug-likeness (QED) is 0.286. The summed E-state index contributed by atoms with van der Waals surface area (Å²) in [6.07, 6.45) is 13.4. The second-order valence-electron chi connectivity index (χ2n) is 6.38. The van der Waals surface area contributed by atoms with Crippen LogP contribution in [0.5, 0.6) is 5.75 Å². The summed E-state index contributed by atoms with van der Waals surface area (Å²) in [5, 5.41) is 0.992. The molecule has 0 saturated carbocycles. The molecule has 1 heterocycles. The van der Waals surface area contributed by atoms with Crippen LogP contribution in [0.2, 0.25) is 0 Å². The molecule has 0 unspecified atom stereocenters. The number of fused-ring (bicyclic) bond motifs is 1. The third kappa shape index (κ3) is 6.31. The number of rotatable bonds is 11. The molecule has 2 aromatic rings. The van der Waals surface area contributed by atoms with Gasteiger partial charge in [-0.15, -0.1) is 0 Å². The fraction of sp³-hybridized carbons (Fsp3) is 0.524. The number of hydrogen-bond acceptors (Lipinski definition) is 3. The van der Waals surface area contributed by atoms with Crippen LogP contribution in [0.1, 0.15) is 71.1 Å². The van der Waals surface area contributed by atoms with Crippen molar-refractivity contribution in [3.63, 3.8) is 0 Å². The minimum absolute atomic E-state index is 0.156. The van der Waals surface area contributed by atoms with E-state index in [1.54, 1.807) is 6.20 Å². The number of unbranched alkanes of at least 4 members (excludes halogenated alkanes) is 8. The molecule has 0 bridgehead atoms. The van der Waals surface area contributed by atoms with Crippen LogP contribution in [0.3, 0.4) is 0 Å². The molecule has 0 spiro atoms. The van der Waals surface area contributed by atoms with Gasteiger partial charge >= 0.3 is 5.97 Å². The molecule has 0 amide bonds. The smallest absolute Gasteiger partial charge is 0.311 e. The molecule has 0 radical (unpaired) electrons. The van der Waals surface area contributed by atoms with E-state index in [-0.39, 0.29) is 5.97 Å². The summed E-state index contributed by atoms with van der Waals surface area (Å²) in [7, 11) is 0. The molecule has 2 rings (SSSR count). The van der Waals surface area contributed by atoms with Crippen molar-refractivity contribution in [2.45, 2.75) is 71.1 Å². The standard InChI is InChI=1S/C21H29NO2/c1-2-3-4-5-6-7-8-9-10-16-20(23)24-19-15-11-13-18-14-12-17-22-21(18)19/h11-15,17H,2-10,16H2,1H3. The molecule has 0 saturated heterocycles. The average Bonchev–Trinajstić information content (AvgIpc) is 2.61. The number of para-hydroxylation sites is 1. The highest BCUT2D eigenvalue weighted by Crippen LogP contribution is 2.23. The van der Waals surface area contributed by atoms with Crippen molar-refractivity contribution in [1.29, 1.82) is 0 Å². The summed E-state index contributed by atoms with van der Waals surface area (Å²) in [5.41, 5.74) is 0.750. The van der Waals surface area contributed by atoms with Crippen molar-refractivity contribution in [2.75, 3.05) is 0 Å². The second-order valence-corrected chi connectivity index (χ2v) is 6.38. The maximum absolute atomic E-state index is 12.0. The summed E-state index contributed by atoms with van der Waals surface area (Å²) >= 11 is 0. The van der Waals surface area contributed by atoms with Crippen molar-refractivity contribution in [1.82, 2.24) is 4.98 Å². The molecule has 24 heavy (non-hydrogen) atoms. The molecule has 0 aliphatic rings. The molecule has 0 aliphatic heterocycles. The van der Waals surface area contributed by atoms with Crippen LogP contribution in [-0.2, 0) is 4.79 Å². The number of ether oxygens (including phenoxy) is 1. The van der Waals surface area contributed by atoms with E-state index < -0.39 is 0 Å². The van der Waals surface area contributed by atoms with Gasteiger partial charge in [-0.05, 0) is 18.6 Å². The van der Waals surface area contributed by atoms with Gasteiger partial charge in [0, 0.05) is 18.0 Å². The van der Waals surface area contributed by atoms with Crippen molar-refractivity contribution in [2.24, 2.45) is 0 Å². The molecule has 0 atom stereocenters. The van der Waals surface area contributed by atoms with E-state index >= 15 is 0 Å². The first kappa shape index (κ1) is 18.4. The SMILES string of the molecule is CCCCCCCCCCCC(=O)Oc1cccc2cccnc12. The number of pyridine rings is 1. The summed E-state index contributed by atoms with van der Waals surface area (Å²) < 4.78 is 5.50. The van der Waals surface area contributed by atoms with Crippen molar-refractivity contribution in [3.8, 4) is 5.75 Å². The fourth-order valence-electron chi connectivity index (χ4n) is 2.91. The number of carbonyl (C=O) groups excluding carboxylic acids is 1. The van der Waals surface area contributed by atoms with E-state index in [2.05, 4.69) is 11.9 Å². The molecule has 0 aliphatic carbocycles. The molecule has 0 fully saturated rings. The van der Waals surface area contributed by atoms with Crippen molar-refractivity contribution < 1.29 is 9.53 Å². The first-order chi connectivity index (χ1) is 11.8. The van der Waals surface area contributed by atoms with E-state index in [0.717, 1.165) is 23.7 Å². The van der Waals surface area contributed by atoms with Gasteiger partial charge in [0.2, 0.25) is 0 Å². The van der Waals surface area contributed by atoms with Crippen LogP contribution in [-0.4, -0.2) is 11.0 Å². The molecule has 3 nitrogen and oxygen atoms in total. The lowest BCUT2D eigenvalue weighted by Gasteiger charge is -2.07. The van der Waals surface area contributed by atoms with Gasteiger partial charge in [0.05, 0.1) is 0 Å². The predicted molar refractivity (Wildman–Crippen MR) is 99.2 cm³/mol. The lowest BCUT2D eigenvalue weighted by atomic mass is 10.1. The van der Waals surface area contributed by atoms with Crippen LogP contribution in [0.25, 0.3) is 10.9 Å². The van der Waals surface area contributed by atoms with E-state index in [1.165, 1.54) is 44.9 Å². The summed E-state index contributed by atoms with van der Waals surface area (Å²) in [4.78, 5) is 16.3. The van der Waals surface area contributed by atoms with Gasteiger partial charge in [0.15, 0.2) is 5.75 Å². The van der Waals surface area contributed by atoms with E-state index in [9.17, 15) is 4.79 Å². The molecule has 130 valence electrons. The summed E-state index contributed by atoms with van der Waals surface area (Å²) in [5.74, 6) is 0.408. The Morgan fingerprint density at radius 1 is 0.917 bits per heavy atom. The van der Waals surface area contributed by atoms with Crippen molar-refractivity contribution >= 4 is 16.9 Å². The Labute approximate surface area is 145 Å². The Kier molecular flexibility index (Phi) is 8.29. The van der Waals surface area contributed by atoms with Crippen LogP contribution in [0.15, 0.2) is 36.5 Å². The van der Waals surface area contributed by atoms with Gasteiger partial charge in [0.1, 0.15) is 5.52 Å². The zero-order valence-corrected chi connectivity index (χ0v) is 14.8. The fourth-order valence-corrected chi connectivity index (χ4v) is 2.91. The third-order valence-corrected chi connectivity index (χ3v) is 4.30. The van der Waals surface area contributed by atoms with Crippen molar-refractivity contribution in [3.05, 3.63) is 36.5 Å². The lowest BCUT2D eigenvalue weighted by Crippen LogP contribution is -2.08. The number of esters is 1. The number of aromatic nitrogens is 1. The zero-order valence-electron chi connectivity index (χ0n) is 14.8. The van der Waals surface area contributed by atoms with Gasteiger partial charge in [-0.1, -0.05) is 76.5 Å². The van der Waals surface area contributed by atoms with Gasteiger partial charge in [-0.2, -0.15) is 0 Å². The monoisotopic (exact) mass is 327 g/mol. The van der Waals surface area contributed by atoms with E-state index in [4.69, 9.17) is 4.74 Å². The highest BCUT2D eigenvalue weighted by molar-refractivity contribution is 5.86. The third-order valence-electron chi connectivity index (χ3n) is 4.30. The Hall–Kier alpha value is -1.90. The molecule has 0 N–H and O–H groups in total. The number of nitrogens with zero attached hydrogens (tertiary/aromatic N) is 1. The number of carbonyl (C=O) groups is 1. The van der Waals surface area contributed by atoms with Gasteiger partial charge in [0.25, 0.3) is 0 Å². The van der Waals surface area contributed by atoms with Crippen LogP contribution in [0.4, 0.5) is 0 Å². The molecular weight excluding hydrogens is 298 g/mol. The highest BCUT2D eigenvalue weighted by Gasteiger charge is 2.08. The van der Waals surface area contributed by atoms with Crippen LogP contribution in [0, 0.1) is 0 Å². The molecule has 1 aromatic carbocycles. The Morgan fingerprint density at radius 3 is 2.33 bits per heavy atom. The number of benzene rings is 1. The van der Waals surface area contributed by atoms with Gasteiger partial charge in [-0.3, -0.25) is 9.78 Å². The predicted octanol–water partition coefficient (Wildman–Crippen LogP) is 6.06. The zero-order chi connectivity index (χ0) is 17.0. The first-order valence-electron chi connectivity index (χ1n) is 9.35. The first-order valence-corrected chi connectivity index (χ1v) is 9.35. The summed E-state index contributed by atoms with van der Waals surface area (Å²) in [6, 6.07) is 9.53. The second kappa shape index (κ2) is 10.8. The normalized spacial score (nSPS) is 10.9. The van der Waals surface area contributed by atoms with Crippen LogP contribution >= 0.6 is 0 Å². The van der Waals surface area contributed by atoms with Gasteiger partial charge in [-0.25, -0.2) is 0 Å². The minimum Gasteiger partial charge on any atom is -0.424 e. The Bertz CT molecular complexity index is 619. The van der Waals surface area contributed by atoms with Gasteiger partial charge < -0.3 is 4.74 Å². The minimum atomic E-state index is -0.156. The molecule has 1 aromatic heterocycles. The average molecular weight is 327 g/mol. The largest absolute Gasteiger partial charge is 0.424 e. The highest BCUT2D eigenvalue weighted by atomic mass is 16.5. The topological polar surface area (TPSA) is 39.2 Å².